The van der Waals surface area contributed by atoms with E-state index in [0.717, 1.165) is 23.9 Å². The van der Waals surface area contributed by atoms with Gasteiger partial charge in [-0.2, -0.15) is 0 Å². The predicted octanol–water partition coefficient (Wildman–Crippen LogP) is 6.90. The molecule has 0 aliphatic carbocycles. The van der Waals surface area contributed by atoms with E-state index < -0.39 is 0 Å². The van der Waals surface area contributed by atoms with Crippen molar-refractivity contribution in [3.8, 4) is 22.6 Å². The first-order valence-electron chi connectivity index (χ1n) is 10.1. The van der Waals surface area contributed by atoms with E-state index in [1.165, 1.54) is 16.8 Å². The molecule has 1 aliphatic heterocycles. The molecular weight excluding hydrogens is 368 g/mol. The van der Waals surface area contributed by atoms with Crippen LogP contribution in [0.5, 0.6) is 11.5 Å². The van der Waals surface area contributed by atoms with Crippen molar-refractivity contribution in [3.05, 3.63) is 122 Å². The first kappa shape index (κ1) is 18.1. The predicted molar refractivity (Wildman–Crippen MR) is 124 cm³/mol. The largest absolute Gasteiger partial charge is 0.457 e. The Bertz CT molecular complexity index is 1140. The summed E-state index contributed by atoms with van der Waals surface area (Å²) in [5.74, 6) is 1.65. The second-order valence-electron chi connectivity index (χ2n) is 7.20. The first-order valence-corrected chi connectivity index (χ1v) is 10.1. The quantitative estimate of drug-likeness (QED) is 0.368. The third-order valence-electron chi connectivity index (χ3n) is 5.17. The van der Waals surface area contributed by atoms with Gasteiger partial charge < -0.3 is 14.5 Å². The van der Waals surface area contributed by atoms with Crippen molar-refractivity contribution in [2.75, 3.05) is 16.5 Å². The van der Waals surface area contributed by atoms with Crippen LogP contribution in [0.2, 0.25) is 0 Å². The van der Waals surface area contributed by atoms with Gasteiger partial charge in [-0.05, 0) is 47.5 Å². The molecule has 0 N–H and O–H groups in total. The fraction of sp³-hybridized carbons (Fsp3) is 0.0370. The highest BCUT2D eigenvalue weighted by molar-refractivity contribution is 5.64. The number of para-hydroxylation sites is 1. The number of anilines is 2. The summed E-state index contributed by atoms with van der Waals surface area (Å²) in [6.07, 6.45) is 4.20. The van der Waals surface area contributed by atoms with Crippen LogP contribution in [0.25, 0.3) is 11.1 Å². The summed E-state index contributed by atoms with van der Waals surface area (Å²) in [5.41, 5.74) is 4.67. The van der Waals surface area contributed by atoms with Gasteiger partial charge in [0, 0.05) is 29.8 Å². The first-order chi connectivity index (χ1) is 14.8. The lowest BCUT2D eigenvalue weighted by Crippen LogP contribution is -2.24. The van der Waals surface area contributed by atoms with E-state index in [0.29, 0.717) is 0 Å². The molecule has 1 aliphatic rings. The highest BCUT2D eigenvalue weighted by Gasteiger charge is 2.15. The fourth-order valence-electron chi connectivity index (χ4n) is 3.58. The summed E-state index contributed by atoms with van der Waals surface area (Å²) in [4.78, 5) is 4.42. The van der Waals surface area contributed by atoms with Gasteiger partial charge in [0.25, 0.3) is 0 Å². The van der Waals surface area contributed by atoms with Gasteiger partial charge in [0.05, 0.1) is 6.67 Å². The summed E-state index contributed by atoms with van der Waals surface area (Å²) >= 11 is 0. The van der Waals surface area contributed by atoms with Crippen molar-refractivity contribution in [1.82, 2.24) is 0 Å². The van der Waals surface area contributed by atoms with Gasteiger partial charge in [-0.15, -0.1) is 0 Å². The molecule has 4 aromatic rings. The van der Waals surface area contributed by atoms with Crippen molar-refractivity contribution < 1.29 is 4.74 Å². The molecule has 0 amide bonds. The van der Waals surface area contributed by atoms with Crippen LogP contribution in [0.15, 0.2) is 122 Å². The molecule has 0 unspecified atom stereocenters. The Balaban J connectivity index is 1.28. The molecule has 0 aromatic heterocycles. The molecule has 30 heavy (non-hydrogen) atoms. The molecule has 0 radical (unpaired) electrons. The number of nitrogens with zero attached hydrogens (tertiary/aromatic N) is 2. The molecule has 0 bridgehead atoms. The second kappa shape index (κ2) is 8.18. The van der Waals surface area contributed by atoms with Crippen LogP contribution < -0.4 is 14.5 Å². The third kappa shape index (κ3) is 3.91. The molecular formula is C27H22N2O. The molecule has 0 spiro atoms. The molecule has 0 saturated heterocycles. The van der Waals surface area contributed by atoms with Crippen molar-refractivity contribution in [2.45, 2.75) is 0 Å². The van der Waals surface area contributed by atoms with Gasteiger partial charge in [-0.1, -0.05) is 66.7 Å². The summed E-state index contributed by atoms with van der Waals surface area (Å²) in [6.45, 7) is 0.777. The van der Waals surface area contributed by atoms with E-state index >= 15 is 0 Å². The Morgan fingerprint density at radius 2 is 1.10 bits per heavy atom. The monoisotopic (exact) mass is 390 g/mol. The summed E-state index contributed by atoms with van der Waals surface area (Å²) in [6, 6.07) is 37.2. The number of rotatable bonds is 5. The number of hydrogen-bond donors (Lipinski definition) is 0. The lowest BCUT2D eigenvalue weighted by atomic mass is 10.1. The third-order valence-corrected chi connectivity index (χ3v) is 5.17. The van der Waals surface area contributed by atoms with E-state index in [-0.39, 0.29) is 0 Å². The van der Waals surface area contributed by atoms with Crippen LogP contribution in [0.3, 0.4) is 0 Å². The van der Waals surface area contributed by atoms with Crippen LogP contribution in [0.4, 0.5) is 11.4 Å². The van der Waals surface area contributed by atoms with Crippen LogP contribution >= 0.6 is 0 Å². The van der Waals surface area contributed by atoms with E-state index in [1.54, 1.807) is 0 Å². The van der Waals surface area contributed by atoms with E-state index in [2.05, 4.69) is 95.0 Å². The Kier molecular flexibility index (Phi) is 4.93. The topological polar surface area (TPSA) is 15.7 Å². The maximum absolute atomic E-state index is 6.12. The van der Waals surface area contributed by atoms with E-state index in [1.807, 2.05) is 36.4 Å². The Hall–Kier alpha value is -3.98. The van der Waals surface area contributed by atoms with Crippen LogP contribution in [0.1, 0.15) is 0 Å². The molecule has 0 atom stereocenters. The number of benzene rings is 4. The van der Waals surface area contributed by atoms with Gasteiger partial charge in [-0.25, -0.2) is 0 Å². The molecule has 4 aromatic carbocycles. The average Bonchev–Trinajstić information content (AvgIpc) is 3.32. The fourth-order valence-corrected chi connectivity index (χ4v) is 3.58. The molecule has 3 nitrogen and oxygen atoms in total. The van der Waals surface area contributed by atoms with Gasteiger partial charge in [0.2, 0.25) is 0 Å². The van der Waals surface area contributed by atoms with Crippen molar-refractivity contribution in [1.29, 1.82) is 0 Å². The molecule has 5 rings (SSSR count). The van der Waals surface area contributed by atoms with Crippen LogP contribution in [-0.4, -0.2) is 6.67 Å². The van der Waals surface area contributed by atoms with Gasteiger partial charge >= 0.3 is 0 Å². The summed E-state index contributed by atoms with van der Waals surface area (Å²) in [7, 11) is 0. The highest BCUT2D eigenvalue weighted by atomic mass is 16.5. The van der Waals surface area contributed by atoms with Crippen molar-refractivity contribution >= 4 is 11.4 Å². The average molecular weight is 390 g/mol. The molecule has 1 heterocycles. The Labute approximate surface area is 177 Å². The number of hydrogen-bond acceptors (Lipinski definition) is 3. The van der Waals surface area contributed by atoms with Crippen LogP contribution in [0, 0.1) is 0 Å². The zero-order valence-electron chi connectivity index (χ0n) is 16.6. The molecule has 146 valence electrons. The van der Waals surface area contributed by atoms with Crippen LogP contribution in [-0.2, 0) is 0 Å². The minimum Gasteiger partial charge on any atom is -0.457 e. The zero-order chi connectivity index (χ0) is 20.2. The molecule has 0 saturated carbocycles. The minimum atomic E-state index is 0.777. The lowest BCUT2D eigenvalue weighted by molar-refractivity contribution is 0.483. The van der Waals surface area contributed by atoms with E-state index in [4.69, 9.17) is 4.74 Å². The highest BCUT2D eigenvalue weighted by Crippen LogP contribution is 2.30. The second-order valence-corrected chi connectivity index (χ2v) is 7.20. The van der Waals surface area contributed by atoms with Gasteiger partial charge in [-0.3, -0.25) is 0 Å². The smallest absolute Gasteiger partial charge is 0.129 e. The van der Waals surface area contributed by atoms with Gasteiger partial charge in [0.1, 0.15) is 11.5 Å². The minimum absolute atomic E-state index is 0.777. The standard InChI is InChI=1S/C27H22N2O/c1-3-8-22(9-4-1)23-14-16-26(17-15-23)30-27-13-7-12-25(20-27)29-19-18-28(21-29)24-10-5-2-6-11-24/h1-20H,21H2. The maximum atomic E-state index is 6.12. The SMILES string of the molecule is C1=CN(c2cccc(Oc3ccc(-c4ccccc4)cc3)c2)CN1c1ccccc1. The normalized spacial score (nSPS) is 12.9. The summed E-state index contributed by atoms with van der Waals surface area (Å²) in [5, 5.41) is 0. The Morgan fingerprint density at radius 3 is 1.83 bits per heavy atom. The zero-order valence-corrected chi connectivity index (χ0v) is 16.6. The van der Waals surface area contributed by atoms with E-state index in [9.17, 15) is 0 Å². The van der Waals surface area contributed by atoms with Crippen molar-refractivity contribution in [3.63, 3.8) is 0 Å². The van der Waals surface area contributed by atoms with Crippen molar-refractivity contribution in [2.24, 2.45) is 0 Å². The van der Waals surface area contributed by atoms with Gasteiger partial charge in [0.15, 0.2) is 0 Å². The number of ether oxygens (including phenoxy) is 1. The maximum Gasteiger partial charge on any atom is 0.129 e. The molecule has 0 fully saturated rings. The lowest BCUT2D eigenvalue weighted by Gasteiger charge is -2.21. The summed E-state index contributed by atoms with van der Waals surface area (Å²) < 4.78 is 6.12. The Morgan fingerprint density at radius 1 is 0.500 bits per heavy atom. The molecule has 3 heteroatoms.